The molecule has 0 atom stereocenters. The smallest absolute Gasteiger partial charge is 0.213 e. The lowest BCUT2D eigenvalue weighted by Crippen LogP contribution is -2.36. The van der Waals surface area contributed by atoms with Gasteiger partial charge >= 0.3 is 0 Å². The Balaban J connectivity index is 1.54. The molecule has 0 unspecified atom stereocenters. The standard InChI is InChI=1S/C22H25N10/c1-30-20(25)10-17(29-30)18-13-32-19(4-9-26-32)21(28-18)15-11-27-31(12-15)14-22(7-8-23)5-2-16(24)3-6-22/h4,9-14,16H,2-3,5-7,24-25H2,1H3/q+1/b31-14-/t16-,22-. The van der Waals surface area contributed by atoms with Gasteiger partial charge in [-0.1, -0.05) is 4.68 Å². The summed E-state index contributed by atoms with van der Waals surface area (Å²) in [5.41, 5.74) is 15.7. The number of hydrazone groups is 1. The highest BCUT2D eigenvalue weighted by molar-refractivity contribution is 6.12. The van der Waals surface area contributed by atoms with Crippen molar-refractivity contribution < 1.29 is 4.68 Å². The molecule has 0 spiro atoms. The topological polar surface area (TPSA) is 139 Å². The van der Waals surface area contributed by atoms with Crippen LogP contribution in [0.4, 0.5) is 5.82 Å². The van der Waals surface area contributed by atoms with Gasteiger partial charge in [-0.3, -0.25) is 4.68 Å². The second kappa shape index (κ2) is 7.69. The predicted octanol–water partition coefficient (Wildman–Crippen LogP) is 1.94. The Morgan fingerprint density at radius 3 is 2.88 bits per heavy atom. The van der Waals surface area contributed by atoms with Gasteiger partial charge in [0.15, 0.2) is 6.21 Å². The average Bonchev–Trinajstić information content (AvgIpc) is 3.51. The molecule has 1 aliphatic carbocycles. The highest BCUT2D eigenvalue weighted by atomic mass is 15.4. The van der Waals surface area contributed by atoms with Crippen LogP contribution in [-0.2, 0) is 7.05 Å². The van der Waals surface area contributed by atoms with Crippen molar-refractivity contribution in [2.45, 2.75) is 38.1 Å². The Labute approximate surface area is 185 Å². The number of anilines is 1. The summed E-state index contributed by atoms with van der Waals surface area (Å²) in [4.78, 5) is 4.86. The first-order valence-electron chi connectivity index (χ1n) is 10.6. The molecule has 1 aliphatic heterocycles. The van der Waals surface area contributed by atoms with Crippen molar-refractivity contribution in [3.8, 4) is 17.5 Å². The molecule has 10 heteroatoms. The molecule has 0 aromatic carbocycles. The summed E-state index contributed by atoms with van der Waals surface area (Å²) < 4.78 is 5.20. The summed E-state index contributed by atoms with van der Waals surface area (Å²) in [7, 11) is 1.79. The predicted molar refractivity (Wildman–Crippen MR) is 122 cm³/mol. The van der Waals surface area contributed by atoms with Gasteiger partial charge in [-0.25, -0.2) is 9.50 Å². The van der Waals surface area contributed by atoms with Crippen LogP contribution >= 0.6 is 0 Å². The Hall–Kier alpha value is -3.84. The first-order valence-corrected chi connectivity index (χ1v) is 10.6. The summed E-state index contributed by atoms with van der Waals surface area (Å²) in [5, 5.41) is 22.8. The number of allylic oxidation sites excluding steroid dienone is 1. The minimum atomic E-state index is -0.208. The molecule has 162 valence electrons. The monoisotopic (exact) mass is 429 g/mol. The van der Waals surface area contributed by atoms with E-state index >= 15 is 0 Å². The van der Waals surface area contributed by atoms with Crippen LogP contribution in [-0.4, -0.2) is 47.5 Å². The van der Waals surface area contributed by atoms with Crippen molar-refractivity contribution in [3.05, 3.63) is 36.4 Å². The quantitative estimate of drug-likeness (QED) is 0.608. The van der Waals surface area contributed by atoms with Crippen molar-refractivity contribution in [2.24, 2.45) is 23.3 Å². The van der Waals surface area contributed by atoms with E-state index in [1.54, 1.807) is 34.7 Å². The fraction of sp³-hybridized carbons (Fsp3) is 0.364. The van der Waals surface area contributed by atoms with Crippen LogP contribution < -0.4 is 11.5 Å². The molecule has 3 aromatic rings. The number of fused-ring (bicyclic) bond motifs is 1. The van der Waals surface area contributed by atoms with Crippen molar-refractivity contribution in [2.75, 3.05) is 5.73 Å². The third-order valence-corrected chi connectivity index (χ3v) is 6.31. The lowest BCUT2D eigenvalue weighted by atomic mass is 9.71. The first-order chi connectivity index (χ1) is 15.5. The molecule has 10 nitrogen and oxygen atoms in total. The number of nitrogens with zero attached hydrogens (tertiary/aromatic N) is 8. The fourth-order valence-corrected chi connectivity index (χ4v) is 4.41. The summed E-state index contributed by atoms with van der Waals surface area (Å²) >= 11 is 0. The van der Waals surface area contributed by atoms with Gasteiger partial charge in [-0.15, -0.1) is 0 Å². The molecule has 1 saturated carbocycles. The molecule has 32 heavy (non-hydrogen) atoms. The maximum atomic E-state index is 9.40. The molecular formula is C22H25N10+. The summed E-state index contributed by atoms with van der Waals surface area (Å²) in [6.07, 6.45) is 13.4. The van der Waals surface area contributed by atoms with Gasteiger partial charge < -0.3 is 11.5 Å². The molecule has 4 heterocycles. The molecule has 0 bridgehead atoms. The molecule has 0 radical (unpaired) electrons. The SMILES string of the molecule is Cn1nc(-c2cn3nccc3c(C3=C/[N+](=C/[C@]4(CC#N)CC[C@@H](N)CC4)N=C3)n2)cc1N. The molecule has 2 aliphatic rings. The first kappa shape index (κ1) is 20.1. The zero-order valence-corrected chi connectivity index (χ0v) is 17.9. The Bertz CT molecular complexity index is 1290. The number of hydrogen-bond acceptors (Lipinski definition) is 7. The zero-order valence-electron chi connectivity index (χ0n) is 17.9. The number of aromatic nitrogens is 5. The number of nitrogens with two attached hydrogens (primary N) is 2. The second-order valence-corrected chi connectivity index (χ2v) is 8.59. The van der Waals surface area contributed by atoms with E-state index in [2.05, 4.69) is 27.6 Å². The van der Waals surface area contributed by atoms with E-state index in [1.165, 1.54) is 0 Å². The minimum Gasteiger partial charge on any atom is -0.384 e. The van der Waals surface area contributed by atoms with E-state index in [-0.39, 0.29) is 11.5 Å². The minimum absolute atomic E-state index is 0.208. The Kier molecular flexibility index (Phi) is 4.83. The van der Waals surface area contributed by atoms with E-state index < -0.39 is 0 Å². The van der Waals surface area contributed by atoms with Gasteiger partial charge in [-0.05, 0) is 36.9 Å². The highest BCUT2D eigenvalue weighted by Crippen LogP contribution is 2.37. The summed E-state index contributed by atoms with van der Waals surface area (Å²) in [6, 6.07) is 6.27. The normalized spacial score (nSPS) is 24.2. The number of aryl methyl sites for hydroxylation is 1. The highest BCUT2D eigenvalue weighted by Gasteiger charge is 2.37. The number of nitriles is 1. The van der Waals surface area contributed by atoms with Crippen molar-refractivity contribution in [3.63, 3.8) is 0 Å². The molecule has 1 fully saturated rings. The molecular weight excluding hydrogens is 404 g/mol. The van der Waals surface area contributed by atoms with Gasteiger partial charge in [0.05, 0.1) is 41.4 Å². The maximum Gasteiger partial charge on any atom is 0.213 e. The Morgan fingerprint density at radius 2 is 2.16 bits per heavy atom. The summed E-state index contributed by atoms with van der Waals surface area (Å²) in [5.74, 6) is 0.557. The lowest BCUT2D eigenvalue weighted by molar-refractivity contribution is -0.456. The van der Waals surface area contributed by atoms with E-state index in [9.17, 15) is 5.26 Å². The molecule has 5 rings (SSSR count). The third-order valence-electron chi connectivity index (χ3n) is 6.31. The molecule has 0 saturated heterocycles. The number of nitrogen functional groups attached to an aromatic ring is 1. The number of hydrogen-bond donors (Lipinski definition) is 2. The third kappa shape index (κ3) is 3.56. The van der Waals surface area contributed by atoms with Crippen LogP contribution in [0, 0.1) is 16.7 Å². The molecule has 3 aromatic heterocycles. The molecule has 0 amide bonds. The van der Waals surface area contributed by atoms with Crippen LogP contribution in [0.2, 0.25) is 0 Å². The van der Waals surface area contributed by atoms with E-state index in [1.807, 2.05) is 23.1 Å². The van der Waals surface area contributed by atoms with E-state index in [0.717, 1.165) is 42.5 Å². The van der Waals surface area contributed by atoms with Crippen LogP contribution in [0.15, 0.2) is 35.8 Å². The van der Waals surface area contributed by atoms with Gasteiger partial charge in [-0.2, -0.15) is 15.5 Å². The fourth-order valence-electron chi connectivity index (χ4n) is 4.41. The lowest BCUT2D eigenvalue weighted by Gasteiger charge is -2.32. The van der Waals surface area contributed by atoms with Gasteiger partial charge in [0.25, 0.3) is 0 Å². The van der Waals surface area contributed by atoms with Crippen LogP contribution in [0.5, 0.6) is 0 Å². The zero-order chi connectivity index (χ0) is 22.3. The van der Waals surface area contributed by atoms with E-state index in [0.29, 0.717) is 23.6 Å². The van der Waals surface area contributed by atoms with Crippen molar-refractivity contribution in [1.29, 1.82) is 5.26 Å². The van der Waals surface area contributed by atoms with Crippen molar-refractivity contribution >= 4 is 29.3 Å². The average molecular weight is 430 g/mol. The largest absolute Gasteiger partial charge is 0.384 e. The van der Waals surface area contributed by atoms with Crippen LogP contribution in [0.1, 0.15) is 37.8 Å². The van der Waals surface area contributed by atoms with Gasteiger partial charge in [0.1, 0.15) is 29.1 Å². The van der Waals surface area contributed by atoms with Crippen LogP contribution in [0.25, 0.3) is 22.5 Å². The Morgan fingerprint density at radius 1 is 1.34 bits per heavy atom. The van der Waals surface area contributed by atoms with Gasteiger partial charge in [0, 0.05) is 19.2 Å². The summed E-state index contributed by atoms with van der Waals surface area (Å²) in [6.45, 7) is 0. The van der Waals surface area contributed by atoms with Crippen LogP contribution in [0.3, 0.4) is 0 Å². The van der Waals surface area contributed by atoms with E-state index in [4.69, 9.17) is 16.5 Å². The number of rotatable bonds is 4. The van der Waals surface area contributed by atoms with Crippen molar-refractivity contribution in [1.82, 2.24) is 24.4 Å². The molecule has 4 N–H and O–H groups in total. The van der Waals surface area contributed by atoms with Gasteiger partial charge in [0.2, 0.25) is 6.20 Å². The second-order valence-electron chi connectivity index (χ2n) is 8.59. The maximum absolute atomic E-state index is 9.40.